The molecule has 0 radical (unpaired) electrons. The number of carbonyl (C=O) groups excluding carboxylic acids is 2. The van der Waals surface area contributed by atoms with Crippen LogP contribution in [0.4, 0.5) is 0 Å². The molecule has 0 aromatic rings. The van der Waals surface area contributed by atoms with E-state index in [9.17, 15) is 19.8 Å². The summed E-state index contributed by atoms with van der Waals surface area (Å²) in [6, 6.07) is -0.629. The summed E-state index contributed by atoms with van der Waals surface area (Å²) in [5, 5.41) is 23.3. The van der Waals surface area contributed by atoms with Crippen LogP contribution in [-0.4, -0.2) is 47.4 Å². The molecule has 478 valence electrons. The zero-order chi connectivity index (χ0) is 58.5. The summed E-state index contributed by atoms with van der Waals surface area (Å²) in [7, 11) is 0. The predicted molar refractivity (Wildman–Crippen MR) is 356 cm³/mol. The highest BCUT2D eigenvalue weighted by atomic mass is 16.5. The molecule has 0 aliphatic carbocycles. The molecular formula is C75H143NO5. The third kappa shape index (κ3) is 67.1. The van der Waals surface area contributed by atoms with Gasteiger partial charge < -0.3 is 20.3 Å². The number of allylic oxidation sites excluding steroid dienone is 5. The topological polar surface area (TPSA) is 95.9 Å². The minimum absolute atomic E-state index is 0.00744. The highest BCUT2D eigenvalue weighted by molar-refractivity contribution is 5.76. The zero-order valence-corrected chi connectivity index (χ0v) is 54.8. The fourth-order valence-electron chi connectivity index (χ4n) is 11.5. The second-order valence-corrected chi connectivity index (χ2v) is 25.3. The molecule has 0 bridgehead atoms. The molecule has 0 aliphatic heterocycles. The molecule has 1 amide bonds. The number of esters is 1. The first kappa shape index (κ1) is 79.1. The van der Waals surface area contributed by atoms with Gasteiger partial charge in [-0.05, 0) is 83.5 Å². The highest BCUT2D eigenvalue weighted by Crippen LogP contribution is 2.19. The van der Waals surface area contributed by atoms with Crippen molar-refractivity contribution >= 4 is 11.9 Å². The Morgan fingerprint density at radius 1 is 0.333 bits per heavy atom. The lowest BCUT2D eigenvalue weighted by Crippen LogP contribution is -2.45. The van der Waals surface area contributed by atoms with Gasteiger partial charge in [-0.3, -0.25) is 9.59 Å². The van der Waals surface area contributed by atoms with Crippen molar-refractivity contribution in [2.45, 2.75) is 418 Å². The van der Waals surface area contributed by atoms with Crippen LogP contribution in [0, 0.1) is 0 Å². The maximum Gasteiger partial charge on any atom is 0.305 e. The monoisotopic (exact) mass is 1140 g/mol. The van der Waals surface area contributed by atoms with Crippen molar-refractivity contribution in [1.82, 2.24) is 5.32 Å². The van der Waals surface area contributed by atoms with Gasteiger partial charge in [-0.1, -0.05) is 346 Å². The minimum Gasteiger partial charge on any atom is -0.466 e. The lowest BCUT2D eigenvalue weighted by Gasteiger charge is -2.20. The van der Waals surface area contributed by atoms with Crippen LogP contribution in [0.3, 0.4) is 0 Å². The first-order valence-corrected chi connectivity index (χ1v) is 36.8. The third-order valence-corrected chi connectivity index (χ3v) is 17.1. The third-order valence-electron chi connectivity index (χ3n) is 17.1. The maximum absolute atomic E-state index is 12.5. The van der Waals surface area contributed by atoms with Gasteiger partial charge in [0, 0.05) is 12.8 Å². The summed E-state index contributed by atoms with van der Waals surface area (Å²) >= 11 is 0. The smallest absolute Gasteiger partial charge is 0.305 e. The van der Waals surface area contributed by atoms with E-state index in [0.717, 1.165) is 44.9 Å². The molecule has 0 saturated heterocycles. The number of ether oxygens (including phenoxy) is 1. The quantitative estimate of drug-likeness (QED) is 0.0320. The average molecular weight is 1140 g/mol. The number of rotatable bonds is 69. The maximum atomic E-state index is 12.5. The van der Waals surface area contributed by atoms with E-state index in [1.807, 2.05) is 6.08 Å². The highest BCUT2D eigenvalue weighted by Gasteiger charge is 2.18. The SMILES string of the molecule is CCCCCCC/C=C\CCCCCCCC(=O)OCCCCCCCCCCCCCC/C=C\CCCCCCCCCCCCCCC(=O)NC(CO)C(O)/C=C/CCCCCCCCCCCCCCCCCCCCCC. The second kappa shape index (κ2) is 70.6. The molecule has 2 unspecified atom stereocenters. The van der Waals surface area contributed by atoms with Crippen molar-refractivity contribution in [3.05, 3.63) is 36.5 Å². The second-order valence-electron chi connectivity index (χ2n) is 25.3. The standard InChI is InChI=1S/C75H143NO5/c1-3-5-7-9-11-13-15-17-19-20-21-22-31-34-37-40-43-47-51-55-59-63-67-73(78)72(71-77)76-74(79)68-64-60-56-52-48-44-41-38-35-32-29-27-25-23-24-26-28-30-33-36-39-42-46-50-54-58-62-66-70-81-75(80)69-65-61-57-53-49-45-18-16-14-12-10-8-6-4-2/h16,18,23-24,63,67,72-73,77-78H,3-15,17,19-22,25-62,64-66,68-71H2,1-2H3,(H,76,79)/b18-16-,24-23-,67-63+. The van der Waals surface area contributed by atoms with Crippen molar-refractivity contribution in [3.63, 3.8) is 0 Å². The van der Waals surface area contributed by atoms with E-state index >= 15 is 0 Å². The van der Waals surface area contributed by atoms with Crippen LogP contribution in [0.1, 0.15) is 406 Å². The Morgan fingerprint density at radius 3 is 0.877 bits per heavy atom. The summed E-state index contributed by atoms with van der Waals surface area (Å²) in [6.45, 7) is 4.93. The average Bonchev–Trinajstić information content (AvgIpc) is 3.47. The number of hydrogen-bond acceptors (Lipinski definition) is 5. The number of nitrogens with one attached hydrogen (secondary N) is 1. The fourth-order valence-corrected chi connectivity index (χ4v) is 11.5. The van der Waals surface area contributed by atoms with Crippen molar-refractivity contribution in [2.24, 2.45) is 0 Å². The van der Waals surface area contributed by atoms with Crippen molar-refractivity contribution < 1.29 is 24.5 Å². The van der Waals surface area contributed by atoms with E-state index in [2.05, 4.69) is 43.5 Å². The summed E-state index contributed by atoms with van der Waals surface area (Å²) in [4.78, 5) is 24.6. The summed E-state index contributed by atoms with van der Waals surface area (Å²) < 4.78 is 5.49. The molecule has 6 heteroatoms. The zero-order valence-electron chi connectivity index (χ0n) is 54.8. The molecular weight excluding hydrogens is 995 g/mol. The van der Waals surface area contributed by atoms with Crippen LogP contribution in [0.15, 0.2) is 36.5 Å². The van der Waals surface area contributed by atoms with Crippen molar-refractivity contribution in [1.29, 1.82) is 0 Å². The predicted octanol–water partition coefficient (Wildman–Crippen LogP) is 23.9. The largest absolute Gasteiger partial charge is 0.466 e. The summed E-state index contributed by atoms with van der Waals surface area (Å²) in [5.74, 6) is -0.0565. The Balaban J connectivity index is 3.41. The molecule has 81 heavy (non-hydrogen) atoms. The van der Waals surface area contributed by atoms with Crippen LogP contribution >= 0.6 is 0 Å². The molecule has 2 atom stereocenters. The molecule has 0 rings (SSSR count). The number of amides is 1. The Morgan fingerprint density at radius 2 is 0.580 bits per heavy atom. The van der Waals surface area contributed by atoms with Crippen LogP contribution < -0.4 is 5.32 Å². The van der Waals surface area contributed by atoms with E-state index in [1.54, 1.807) is 6.08 Å². The van der Waals surface area contributed by atoms with Gasteiger partial charge in [0.2, 0.25) is 5.91 Å². The molecule has 0 saturated carbocycles. The van der Waals surface area contributed by atoms with Gasteiger partial charge in [-0.2, -0.15) is 0 Å². The van der Waals surface area contributed by atoms with Gasteiger partial charge in [0.05, 0.1) is 25.4 Å². The van der Waals surface area contributed by atoms with Crippen LogP contribution in [0.25, 0.3) is 0 Å². The first-order chi connectivity index (χ1) is 40.0. The molecule has 0 aliphatic rings. The molecule has 0 aromatic heterocycles. The van der Waals surface area contributed by atoms with Gasteiger partial charge in [0.1, 0.15) is 0 Å². The Kier molecular flexibility index (Phi) is 68.9. The van der Waals surface area contributed by atoms with Crippen LogP contribution in [-0.2, 0) is 14.3 Å². The van der Waals surface area contributed by atoms with Crippen LogP contribution in [0.5, 0.6) is 0 Å². The van der Waals surface area contributed by atoms with E-state index in [1.165, 1.54) is 334 Å². The minimum atomic E-state index is -0.846. The number of aliphatic hydroxyl groups is 2. The summed E-state index contributed by atoms with van der Waals surface area (Å²) in [6.07, 6.45) is 90.9. The molecule has 0 aromatic carbocycles. The Labute approximate surface area is 506 Å². The number of hydrogen-bond donors (Lipinski definition) is 3. The van der Waals surface area contributed by atoms with E-state index in [0.29, 0.717) is 19.4 Å². The Bertz CT molecular complexity index is 1310. The van der Waals surface area contributed by atoms with Gasteiger partial charge in [0.25, 0.3) is 0 Å². The van der Waals surface area contributed by atoms with Crippen molar-refractivity contribution in [2.75, 3.05) is 13.2 Å². The van der Waals surface area contributed by atoms with E-state index < -0.39 is 12.1 Å². The lowest BCUT2D eigenvalue weighted by molar-refractivity contribution is -0.143. The normalized spacial score (nSPS) is 12.7. The van der Waals surface area contributed by atoms with Gasteiger partial charge in [0.15, 0.2) is 0 Å². The number of unbranched alkanes of at least 4 members (excludes halogenated alkanes) is 54. The fraction of sp³-hybridized carbons (Fsp3) is 0.893. The summed E-state index contributed by atoms with van der Waals surface area (Å²) in [5.41, 5.74) is 0. The Hall–Kier alpha value is -1.92. The van der Waals surface area contributed by atoms with Gasteiger partial charge in [-0.25, -0.2) is 0 Å². The molecule has 3 N–H and O–H groups in total. The van der Waals surface area contributed by atoms with Gasteiger partial charge in [-0.15, -0.1) is 0 Å². The lowest BCUT2D eigenvalue weighted by atomic mass is 10.0. The van der Waals surface area contributed by atoms with E-state index in [4.69, 9.17) is 4.74 Å². The van der Waals surface area contributed by atoms with Crippen molar-refractivity contribution in [3.8, 4) is 0 Å². The molecule has 0 fully saturated rings. The molecule has 0 heterocycles. The van der Waals surface area contributed by atoms with Crippen LogP contribution in [0.2, 0.25) is 0 Å². The first-order valence-electron chi connectivity index (χ1n) is 36.8. The molecule has 0 spiro atoms. The van der Waals surface area contributed by atoms with Gasteiger partial charge >= 0.3 is 5.97 Å². The molecule has 6 nitrogen and oxygen atoms in total. The number of carbonyl (C=O) groups is 2. The van der Waals surface area contributed by atoms with E-state index in [-0.39, 0.29) is 18.5 Å². The number of aliphatic hydroxyl groups excluding tert-OH is 2.